The summed E-state index contributed by atoms with van der Waals surface area (Å²) < 4.78 is 0. The van der Waals surface area contributed by atoms with E-state index in [1.807, 2.05) is 0 Å². The summed E-state index contributed by atoms with van der Waals surface area (Å²) in [6.07, 6.45) is 0.444. The quantitative estimate of drug-likeness (QED) is 0.720. The molecule has 0 aromatic rings. The molecule has 0 amide bonds. The van der Waals surface area contributed by atoms with Crippen LogP contribution in [0.25, 0.3) is 0 Å². The first kappa shape index (κ1) is 16.9. The molecule has 2 N–H and O–H groups in total. The standard InChI is InChI=1S/2C3H6O2.Pd/c2*1-2-3(4)5;/h2*2H2,1H3,(H,4,5);. The summed E-state index contributed by atoms with van der Waals surface area (Å²) in [5, 5.41) is 15.4. The number of hydrogen-bond acceptors (Lipinski definition) is 2. The van der Waals surface area contributed by atoms with Crippen molar-refractivity contribution in [3.8, 4) is 0 Å². The van der Waals surface area contributed by atoms with Gasteiger partial charge in [0.25, 0.3) is 0 Å². The van der Waals surface area contributed by atoms with Crippen molar-refractivity contribution in [2.45, 2.75) is 26.7 Å². The zero-order valence-corrected chi connectivity index (χ0v) is 8.00. The summed E-state index contributed by atoms with van der Waals surface area (Å²) >= 11 is 0. The van der Waals surface area contributed by atoms with Gasteiger partial charge < -0.3 is 10.2 Å². The van der Waals surface area contributed by atoms with Crippen molar-refractivity contribution in [1.82, 2.24) is 0 Å². The minimum atomic E-state index is -0.745. The maximum atomic E-state index is 9.37. The molecule has 0 radical (unpaired) electrons. The summed E-state index contributed by atoms with van der Waals surface area (Å²) in [6.45, 7) is 3.20. The van der Waals surface area contributed by atoms with Crippen molar-refractivity contribution in [3.05, 3.63) is 0 Å². The summed E-state index contributed by atoms with van der Waals surface area (Å²) in [5.41, 5.74) is 0. The Morgan fingerprint density at radius 2 is 1.09 bits per heavy atom. The van der Waals surface area contributed by atoms with Gasteiger partial charge in [-0.3, -0.25) is 9.59 Å². The van der Waals surface area contributed by atoms with Crippen LogP contribution in [0.5, 0.6) is 0 Å². The number of carboxylic acid groups (broad SMARTS) is 2. The predicted octanol–water partition coefficient (Wildman–Crippen LogP) is 0.960. The third kappa shape index (κ3) is 42.8. The molecule has 0 aromatic carbocycles. The van der Waals surface area contributed by atoms with Gasteiger partial charge in [0.05, 0.1) is 0 Å². The van der Waals surface area contributed by atoms with Crippen molar-refractivity contribution in [3.63, 3.8) is 0 Å². The van der Waals surface area contributed by atoms with Gasteiger partial charge in [0.2, 0.25) is 0 Å². The van der Waals surface area contributed by atoms with Crippen LogP contribution in [0.4, 0.5) is 0 Å². The van der Waals surface area contributed by atoms with Gasteiger partial charge in [0.15, 0.2) is 0 Å². The second-order valence-electron chi connectivity index (χ2n) is 1.49. The first-order valence-electron chi connectivity index (χ1n) is 2.98. The Balaban J connectivity index is -0.000000107. The molecular formula is C6H12O4Pd. The SMILES string of the molecule is CCC(=O)O.CCC(=O)O.[Pd]. The second-order valence-corrected chi connectivity index (χ2v) is 1.49. The molecule has 0 saturated heterocycles. The molecule has 0 unspecified atom stereocenters. The molecular weight excluding hydrogens is 242 g/mol. The van der Waals surface area contributed by atoms with E-state index in [1.165, 1.54) is 0 Å². The van der Waals surface area contributed by atoms with Crippen LogP contribution < -0.4 is 0 Å². The van der Waals surface area contributed by atoms with E-state index in [9.17, 15) is 9.59 Å². The van der Waals surface area contributed by atoms with Crippen LogP contribution in [0.15, 0.2) is 0 Å². The Labute approximate surface area is 79.3 Å². The van der Waals surface area contributed by atoms with Crippen LogP contribution in [0, 0.1) is 0 Å². The third-order valence-electron chi connectivity index (χ3n) is 0.605. The van der Waals surface area contributed by atoms with E-state index in [0.29, 0.717) is 0 Å². The van der Waals surface area contributed by atoms with E-state index in [-0.39, 0.29) is 33.3 Å². The summed E-state index contributed by atoms with van der Waals surface area (Å²) in [7, 11) is 0. The van der Waals surface area contributed by atoms with E-state index < -0.39 is 11.9 Å². The monoisotopic (exact) mass is 254 g/mol. The van der Waals surface area contributed by atoms with Crippen molar-refractivity contribution in [1.29, 1.82) is 0 Å². The predicted molar refractivity (Wildman–Crippen MR) is 35.9 cm³/mol. The van der Waals surface area contributed by atoms with Crippen LogP contribution in [0.1, 0.15) is 26.7 Å². The van der Waals surface area contributed by atoms with Gasteiger partial charge >= 0.3 is 11.9 Å². The molecule has 0 aromatic heterocycles. The molecule has 0 heterocycles. The molecule has 4 nitrogen and oxygen atoms in total. The van der Waals surface area contributed by atoms with E-state index in [2.05, 4.69) is 0 Å². The molecule has 0 rings (SSSR count). The largest absolute Gasteiger partial charge is 0.481 e. The van der Waals surface area contributed by atoms with Gasteiger partial charge in [-0.25, -0.2) is 0 Å². The Bertz CT molecular complexity index is 99.1. The van der Waals surface area contributed by atoms with Gasteiger partial charge in [-0.1, -0.05) is 13.8 Å². The minimum Gasteiger partial charge on any atom is -0.481 e. The van der Waals surface area contributed by atoms with Crippen LogP contribution in [-0.4, -0.2) is 22.2 Å². The number of aliphatic carboxylic acids is 2. The molecule has 0 spiro atoms. The zero-order chi connectivity index (χ0) is 8.57. The maximum absolute atomic E-state index is 9.37. The fourth-order valence-electron chi connectivity index (χ4n) is 0. The van der Waals surface area contributed by atoms with Gasteiger partial charge in [-0.2, -0.15) is 0 Å². The van der Waals surface area contributed by atoms with Crippen molar-refractivity contribution >= 4 is 11.9 Å². The molecule has 5 heteroatoms. The van der Waals surface area contributed by atoms with Gasteiger partial charge in [-0.15, -0.1) is 0 Å². The van der Waals surface area contributed by atoms with Crippen molar-refractivity contribution in [2.24, 2.45) is 0 Å². The van der Waals surface area contributed by atoms with E-state index in [1.54, 1.807) is 13.8 Å². The summed E-state index contributed by atoms with van der Waals surface area (Å²) in [6, 6.07) is 0. The van der Waals surface area contributed by atoms with Crippen LogP contribution in [0.3, 0.4) is 0 Å². The number of carbonyl (C=O) groups is 2. The van der Waals surface area contributed by atoms with E-state index in [0.717, 1.165) is 0 Å². The first-order valence-corrected chi connectivity index (χ1v) is 2.98. The third-order valence-corrected chi connectivity index (χ3v) is 0.605. The van der Waals surface area contributed by atoms with Crippen molar-refractivity contribution < 1.29 is 40.2 Å². The molecule has 70 valence electrons. The van der Waals surface area contributed by atoms with E-state index in [4.69, 9.17) is 10.2 Å². The topological polar surface area (TPSA) is 74.6 Å². The fraction of sp³-hybridized carbons (Fsp3) is 0.667. The molecule has 0 fully saturated rings. The Kier molecular flexibility index (Phi) is 18.9. The zero-order valence-electron chi connectivity index (χ0n) is 6.44. The molecule has 0 aliphatic carbocycles. The molecule has 0 bridgehead atoms. The molecule has 11 heavy (non-hydrogen) atoms. The normalized spacial score (nSPS) is 6.73. The Morgan fingerprint density at radius 1 is 1.00 bits per heavy atom. The molecule has 0 saturated carbocycles. The minimum absolute atomic E-state index is 0. The average molecular weight is 255 g/mol. The Morgan fingerprint density at radius 3 is 1.09 bits per heavy atom. The molecule has 0 atom stereocenters. The van der Waals surface area contributed by atoms with Gasteiger partial charge in [0, 0.05) is 33.3 Å². The molecule has 0 aliphatic rings. The fourth-order valence-corrected chi connectivity index (χ4v) is 0. The maximum Gasteiger partial charge on any atom is 0.303 e. The average Bonchev–Trinajstić information content (AvgIpc) is 1.89. The smallest absolute Gasteiger partial charge is 0.303 e. The first-order chi connectivity index (χ1) is 4.54. The Hall–Kier alpha value is -0.398. The van der Waals surface area contributed by atoms with Crippen LogP contribution in [-0.2, 0) is 30.0 Å². The number of hydrogen-bond donors (Lipinski definition) is 2. The van der Waals surface area contributed by atoms with Crippen LogP contribution in [0.2, 0.25) is 0 Å². The van der Waals surface area contributed by atoms with Crippen LogP contribution >= 0.6 is 0 Å². The van der Waals surface area contributed by atoms with Gasteiger partial charge in [0.1, 0.15) is 0 Å². The second kappa shape index (κ2) is 12.3. The number of rotatable bonds is 2. The van der Waals surface area contributed by atoms with E-state index >= 15 is 0 Å². The number of carboxylic acids is 2. The summed E-state index contributed by atoms with van der Waals surface area (Å²) in [5.74, 6) is -1.49. The van der Waals surface area contributed by atoms with Crippen molar-refractivity contribution in [2.75, 3.05) is 0 Å². The molecule has 0 aliphatic heterocycles. The summed E-state index contributed by atoms with van der Waals surface area (Å²) in [4.78, 5) is 18.7. The van der Waals surface area contributed by atoms with Gasteiger partial charge in [-0.05, 0) is 0 Å².